The van der Waals surface area contributed by atoms with E-state index in [2.05, 4.69) is 43.5 Å². The van der Waals surface area contributed by atoms with Crippen LogP contribution in [0.4, 0.5) is 0 Å². The van der Waals surface area contributed by atoms with Crippen molar-refractivity contribution in [2.45, 2.75) is 446 Å². The van der Waals surface area contributed by atoms with E-state index in [4.69, 9.17) is 28.4 Å². The molecule has 12 N–H and O–H groups in total. The van der Waals surface area contributed by atoms with E-state index in [-0.39, 0.29) is 18.9 Å². The molecule has 3 aliphatic heterocycles. The number of amides is 1. The largest absolute Gasteiger partial charge is 0.394 e. The van der Waals surface area contributed by atoms with Crippen molar-refractivity contribution in [1.82, 2.24) is 5.32 Å². The molecule has 3 heterocycles. The first-order valence-corrected chi connectivity index (χ1v) is 41.2. The van der Waals surface area contributed by atoms with E-state index >= 15 is 0 Å². The van der Waals surface area contributed by atoms with E-state index in [0.717, 1.165) is 57.8 Å². The molecule has 100 heavy (non-hydrogen) atoms. The minimum absolute atomic E-state index is 0.242. The summed E-state index contributed by atoms with van der Waals surface area (Å²) < 4.78 is 34.5. The van der Waals surface area contributed by atoms with Gasteiger partial charge in [0.2, 0.25) is 5.91 Å². The Bertz CT molecular complexity index is 1950. The molecule has 1 amide bonds. The summed E-state index contributed by atoms with van der Waals surface area (Å²) in [5.41, 5.74) is 0. The Morgan fingerprint density at radius 2 is 0.660 bits per heavy atom. The third kappa shape index (κ3) is 41.8. The highest BCUT2D eigenvalue weighted by atomic mass is 16.8. The maximum Gasteiger partial charge on any atom is 0.220 e. The van der Waals surface area contributed by atoms with E-state index in [1.807, 2.05) is 6.08 Å². The van der Waals surface area contributed by atoms with E-state index in [0.29, 0.717) is 6.42 Å². The number of allylic oxidation sites excluding steroid dienone is 5. The average Bonchev–Trinajstić information content (AvgIpc) is 0.783. The summed E-state index contributed by atoms with van der Waals surface area (Å²) >= 11 is 0. The number of aliphatic hydroxyl groups excluding tert-OH is 11. The normalized spacial score (nSPS) is 26.6. The van der Waals surface area contributed by atoms with E-state index in [1.165, 1.54) is 257 Å². The smallest absolute Gasteiger partial charge is 0.220 e. The fourth-order valence-corrected chi connectivity index (χ4v) is 14.1. The fourth-order valence-electron chi connectivity index (χ4n) is 14.1. The molecule has 3 saturated heterocycles. The zero-order valence-electron chi connectivity index (χ0n) is 62.9. The van der Waals surface area contributed by atoms with E-state index in [9.17, 15) is 61.0 Å². The third-order valence-electron chi connectivity index (χ3n) is 20.7. The lowest BCUT2D eigenvalue weighted by molar-refractivity contribution is -0.379. The van der Waals surface area contributed by atoms with Crippen LogP contribution in [0.25, 0.3) is 0 Å². The molecule has 0 aromatic carbocycles. The van der Waals surface area contributed by atoms with Crippen LogP contribution in [-0.4, -0.2) is 193 Å². The summed E-state index contributed by atoms with van der Waals surface area (Å²) in [5.74, 6) is -0.273. The monoisotopic (exact) mass is 1430 g/mol. The van der Waals surface area contributed by atoms with Crippen molar-refractivity contribution in [3.05, 3.63) is 36.5 Å². The molecule has 19 heteroatoms. The van der Waals surface area contributed by atoms with E-state index < -0.39 is 124 Å². The lowest BCUT2D eigenvalue weighted by atomic mass is 9.96. The van der Waals surface area contributed by atoms with Gasteiger partial charge in [-0.15, -0.1) is 0 Å². The van der Waals surface area contributed by atoms with Gasteiger partial charge in [-0.05, 0) is 51.4 Å². The molecule has 0 aliphatic carbocycles. The molecule has 0 aromatic heterocycles. The number of hydrogen-bond acceptors (Lipinski definition) is 18. The number of ether oxygens (including phenoxy) is 6. The Kier molecular flexibility index (Phi) is 57.3. The van der Waals surface area contributed by atoms with Gasteiger partial charge in [-0.3, -0.25) is 4.79 Å². The van der Waals surface area contributed by atoms with Gasteiger partial charge >= 0.3 is 0 Å². The lowest BCUT2D eigenvalue weighted by Gasteiger charge is -2.48. The van der Waals surface area contributed by atoms with E-state index in [1.54, 1.807) is 6.08 Å². The number of carbonyl (C=O) groups excluding carboxylic acids is 1. The molecule has 0 spiro atoms. The van der Waals surface area contributed by atoms with Gasteiger partial charge in [-0.25, -0.2) is 0 Å². The van der Waals surface area contributed by atoms with Crippen LogP contribution >= 0.6 is 0 Å². The van der Waals surface area contributed by atoms with Crippen LogP contribution in [0.15, 0.2) is 36.5 Å². The predicted octanol–water partition coefficient (Wildman–Crippen LogP) is 13.9. The molecule has 17 unspecified atom stereocenters. The van der Waals surface area contributed by atoms with Crippen LogP contribution < -0.4 is 5.32 Å². The topological polar surface area (TPSA) is 307 Å². The minimum atomic E-state index is -1.98. The zero-order chi connectivity index (χ0) is 72.5. The molecule has 0 bridgehead atoms. The summed E-state index contributed by atoms with van der Waals surface area (Å²) in [6.07, 6.45) is 49.9. The number of rotatable bonds is 66. The van der Waals surface area contributed by atoms with Gasteiger partial charge in [0.05, 0.1) is 38.6 Å². The van der Waals surface area contributed by atoms with Gasteiger partial charge in [-0.1, -0.05) is 320 Å². The Hall–Kier alpha value is -1.99. The van der Waals surface area contributed by atoms with Crippen LogP contribution in [0.5, 0.6) is 0 Å². The quantitative estimate of drug-likeness (QED) is 0.0199. The van der Waals surface area contributed by atoms with Gasteiger partial charge in [0.1, 0.15) is 73.2 Å². The number of unbranched alkanes of at least 4 members (excludes halogenated alkanes) is 46. The molecule has 0 radical (unpaired) electrons. The van der Waals surface area contributed by atoms with Gasteiger partial charge in [0.25, 0.3) is 0 Å². The summed E-state index contributed by atoms with van der Waals surface area (Å²) in [6, 6.07) is -0.976. The number of carbonyl (C=O) groups is 1. The standard InChI is InChI=1S/C81H151NO18/c1-3-5-7-9-11-13-15-17-19-21-23-25-27-28-29-30-31-32-33-34-35-37-38-40-42-44-46-48-50-52-54-56-58-65(86)64(82-69(87)59-57-55-53-51-49-47-45-43-41-39-36-26-24-22-20-18-16-14-12-10-8-6-4-2)63-95-79-75(93)72(90)77(67(61-84)97-79)100-81-76(94)73(91)78(68(62-85)98-81)99-80-74(92)71(89)70(88)66(60-83)96-80/h16,18,22,24,56,58,64-68,70-81,83-86,88-94H,3-15,17,19-21,23,25-55,57,59-63H2,1-2H3,(H,82,87)/b18-16-,24-22-,58-56+. The first kappa shape index (κ1) is 92.2. The Balaban J connectivity index is 1.37. The second-order valence-corrected chi connectivity index (χ2v) is 29.6. The first-order chi connectivity index (χ1) is 48.8. The summed E-state index contributed by atoms with van der Waals surface area (Å²) in [5, 5.41) is 121. The maximum absolute atomic E-state index is 13.5. The number of aliphatic hydroxyl groups is 11. The van der Waals surface area contributed by atoms with Crippen molar-refractivity contribution in [1.29, 1.82) is 0 Å². The van der Waals surface area contributed by atoms with Crippen LogP contribution in [0.3, 0.4) is 0 Å². The second kappa shape index (κ2) is 62.1. The molecule has 3 aliphatic rings. The van der Waals surface area contributed by atoms with Crippen molar-refractivity contribution in [2.24, 2.45) is 0 Å². The number of nitrogens with one attached hydrogen (secondary N) is 1. The Morgan fingerprint density at radius 1 is 0.360 bits per heavy atom. The van der Waals surface area contributed by atoms with Crippen LogP contribution in [0, 0.1) is 0 Å². The molecule has 0 aromatic rings. The molecule has 588 valence electrons. The minimum Gasteiger partial charge on any atom is -0.394 e. The number of hydrogen-bond donors (Lipinski definition) is 12. The molecule has 19 nitrogen and oxygen atoms in total. The highest BCUT2D eigenvalue weighted by Crippen LogP contribution is 2.33. The molecular formula is C81H151NO18. The second-order valence-electron chi connectivity index (χ2n) is 29.6. The molecule has 17 atom stereocenters. The highest BCUT2D eigenvalue weighted by molar-refractivity contribution is 5.76. The average molecular weight is 1430 g/mol. The Labute approximate surface area is 606 Å². The van der Waals surface area contributed by atoms with Crippen molar-refractivity contribution in [3.63, 3.8) is 0 Å². The van der Waals surface area contributed by atoms with Gasteiger partial charge in [-0.2, -0.15) is 0 Å². The molecule has 0 saturated carbocycles. The first-order valence-electron chi connectivity index (χ1n) is 41.2. The van der Waals surface area contributed by atoms with Gasteiger partial charge < -0.3 is 89.9 Å². The van der Waals surface area contributed by atoms with Crippen LogP contribution in [0.2, 0.25) is 0 Å². The maximum atomic E-state index is 13.5. The van der Waals surface area contributed by atoms with Gasteiger partial charge in [0.15, 0.2) is 18.9 Å². The zero-order valence-corrected chi connectivity index (χ0v) is 62.9. The van der Waals surface area contributed by atoms with Crippen LogP contribution in [0.1, 0.15) is 341 Å². The third-order valence-corrected chi connectivity index (χ3v) is 20.7. The predicted molar refractivity (Wildman–Crippen MR) is 397 cm³/mol. The summed E-state index contributed by atoms with van der Waals surface area (Å²) in [7, 11) is 0. The van der Waals surface area contributed by atoms with Crippen LogP contribution in [-0.2, 0) is 33.2 Å². The fraction of sp³-hybridized carbons (Fsp3) is 0.914. The van der Waals surface area contributed by atoms with Gasteiger partial charge in [0, 0.05) is 6.42 Å². The van der Waals surface area contributed by atoms with Crippen molar-refractivity contribution >= 4 is 5.91 Å². The van der Waals surface area contributed by atoms with Crippen molar-refractivity contribution in [3.8, 4) is 0 Å². The Morgan fingerprint density at radius 3 is 1.02 bits per heavy atom. The SMILES string of the molecule is CCCCCCC/C=C\C/C=C\CCCCCCCCCCCCCC(=O)NC(COC1OC(CO)C(OC2OC(CO)C(OC3OC(CO)C(O)C(O)C3O)C(O)C2O)C(O)C1O)C(O)/C=C/CCCCCCCCCCCCCCCCCCCCCCCCCCCCCCCC. The highest BCUT2D eigenvalue weighted by Gasteiger charge is 2.54. The lowest BCUT2D eigenvalue weighted by Crippen LogP contribution is -2.66. The summed E-state index contributed by atoms with van der Waals surface area (Å²) in [4.78, 5) is 13.5. The molecular weight excluding hydrogens is 1270 g/mol. The van der Waals surface area contributed by atoms with Crippen molar-refractivity contribution < 1.29 is 89.4 Å². The summed E-state index contributed by atoms with van der Waals surface area (Å²) in [6.45, 7) is 1.77. The van der Waals surface area contributed by atoms with Crippen molar-refractivity contribution in [2.75, 3.05) is 26.4 Å². The molecule has 3 rings (SSSR count). The molecule has 3 fully saturated rings.